The summed E-state index contributed by atoms with van der Waals surface area (Å²) < 4.78 is 12.7. The zero-order valence-corrected chi connectivity index (χ0v) is 28.6. The van der Waals surface area contributed by atoms with Gasteiger partial charge in [-0.2, -0.15) is 0 Å². The van der Waals surface area contributed by atoms with Crippen molar-refractivity contribution in [1.29, 1.82) is 0 Å². The Morgan fingerprint density at radius 2 is 1.74 bits per heavy atom. The number of carbonyl (C=O) groups excluding carboxylic acids is 3. The van der Waals surface area contributed by atoms with Crippen LogP contribution in [0.3, 0.4) is 0 Å². The van der Waals surface area contributed by atoms with Gasteiger partial charge in [-0.05, 0) is 69.7 Å². The molecule has 1 saturated carbocycles. The minimum absolute atomic E-state index is 0.106. The van der Waals surface area contributed by atoms with Crippen LogP contribution in [0.5, 0.6) is 5.75 Å². The van der Waals surface area contributed by atoms with Gasteiger partial charge in [-0.1, -0.05) is 56.5 Å². The minimum atomic E-state index is -0.493. The van der Waals surface area contributed by atoms with Crippen LogP contribution in [0.4, 0.5) is 10.5 Å². The van der Waals surface area contributed by atoms with Crippen LogP contribution in [-0.2, 0) is 16.0 Å². The summed E-state index contributed by atoms with van der Waals surface area (Å²) in [5.41, 5.74) is 1.70. The van der Waals surface area contributed by atoms with Crippen LogP contribution < -0.4 is 15.4 Å². The Labute approximate surface area is 280 Å². The van der Waals surface area contributed by atoms with E-state index in [9.17, 15) is 19.5 Å². The summed E-state index contributed by atoms with van der Waals surface area (Å²) in [6, 6.07) is 14.3. The predicted molar refractivity (Wildman–Crippen MR) is 184 cm³/mol. The number of rotatable bonds is 8. The standard InChI is InChI=1S/C37H54N4O6/c1-26-23-41(27(2)25-42)36(44)32-22-31(38-35(43)21-29-14-7-5-8-15-29)18-19-33(32)47-28(3)13-11-12-20-46-34(26)24-40(4)37(45)39-30-16-9-6-10-17-30/h5,7-8,14-15,18-19,22,26-28,30,34,42H,6,9-13,16-17,20-21,23-25H2,1-4H3,(H,38,43)(H,39,45)/t26-,27+,28+,34-/m0/s1. The molecule has 4 rings (SSSR count). The Morgan fingerprint density at radius 3 is 2.47 bits per heavy atom. The molecule has 0 spiro atoms. The number of nitrogens with one attached hydrogen (secondary N) is 2. The number of hydrogen-bond donors (Lipinski definition) is 3. The molecule has 1 aliphatic heterocycles. The Hall–Kier alpha value is -3.63. The van der Waals surface area contributed by atoms with Crippen LogP contribution in [0, 0.1) is 5.92 Å². The Balaban J connectivity index is 1.56. The lowest BCUT2D eigenvalue weighted by Crippen LogP contribution is -2.50. The number of benzene rings is 2. The van der Waals surface area contributed by atoms with Gasteiger partial charge in [0.25, 0.3) is 5.91 Å². The number of likely N-dealkylation sites (N-methyl/N-ethyl adjacent to an activating group) is 1. The largest absolute Gasteiger partial charge is 0.490 e. The van der Waals surface area contributed by atoms with E-state index < -0.39 is 6.04 Å². The van der Waals surface area contributed by atoms with Gasteiger partial charge in [0.05, 0.1) is 36.8 Å². The Kier molecular flexibility index (Phi) is 13.9. The van der Waals surface area contributed by atoms with E-state index in [1.165, 1.54) is 6.42 Å². The van der Waals surface area contributed by atoms with E-state index >= 15 is 0 Å². The molecule has 4 atom stereocenters. The summed E-state index contributed by atoms with van der Waals surface area (Å²) in [6.45, 7) is 6.79. The number of carbonyl (C=O) groups is 3. The molecule has 3 N–H and O–H groups in total. The van der Waals surface area contributed by atoms with Gasteiger partial charge in [-0.3, -0.25) is 9.59 Å². The number of aliphatic hydroxyl groups excluding tert-OH is 1. The molecule has 0 bridgehead atoms. The van der Waals surface area contributed by atoms with Gasteiger partial charge in [0, 0.05) is 44.4 Å². The van der Waals surface area contributed by atoms with Crippen LogP contribution in [0.1, 0.15) is 88.1 Å². The van der Waals surface area contributed by atoms with Crippen molar-refractivity contribution >= 4 is 23.5 Å². The summed E-state index contributed by atoms with van der Waals surface area (Å²) in [4.78, 5) is 43.7. The molecule has 47 heavy (non-hydrogen) atoms. The number of anilines is 1. The lowest BCUT2D eigenvalue weighted by atomic mass is 9.96. The number of aliphatic hydroxyl groups is 1. The third-order valence-corrected chi connectivity index (χ3v) is 9.28. The molecule has 0 unspecified atom stereocenters. The molecule has 1 aliphatic carbocycles. The maximum atomic E-state index is 14.4. The molecule has 0 aromatic heterocycles. The smallest absolute Gasteiger partial charge is 0.317 e. The molecular weight excluding hydrogens is 596 g/mol. The van der Waals surface area contributed by atoms with E-state index in [2.05, 4.69) is 10.6 Å². The molecule has 1 heterocycles. The van der Waals surface area contributed by atoms with Crippen LogP contribution in [0.2, 0.25) is 0 Å². The number of amides is 4. The van der Waals surface area contributed by atoms with Crippen LogP contribution in [-0.4, -0.2) is 90.4 Å². The fourth-order valence-electron chi connectivity index (χ4n) is 6.33. The van der Waals surface area contributed by atoms with E-state index in [0.29, 0.717) is 36.7 Å². The highest BCUT2D eigenvalue weighted by Gasteiger charge is 2.31. The fraction of sp³-hybridized carbons (Fsp3) is 0.595. The summed E-state index contributed by atoms with van der Waals surface area (Å²) in [6.07, 6.45) is 7.73. The molecule has 258 valence electrons. The lowest BCUT2D eigenvalue weighted by molar-refractivity contribution is -0.115. The molecule has 4 amide bonds. The quantitative estimate of drug-likeness (QED) is 0.340. The number of hydrogen-bond acceptors (Lipinski definition) is 6. The first-order chi connectivity index (χ1) is 22.6. The average molecular weight is 651 g/mol. The van der Waals surface area contributed by atoms with Crippen molar-refractivity contribution in [2.24, 2.45) is 5.92 Å². The summed E-state index contributed by atoms with van der Waals surface area (Å²) in [7, 11) is 1.79. The van der Waals surface area contributed by atoms with Crippen LogP contribution >= 0.6 is 0 Å². The molecular formula is C37H54N4O6. The molecule has 2 aromatic carbocycles. The highest BCUT2D eigenvalue weighted by atomic mass is 16.5. The van der Waals surface area contributed by atoms with E-state index in [0.717, 1.165) is 50.5 Å². The third kappa shape index (κ3) is 11.0. The van der Waals surface area contributed by atoms with Gasteiger partial charge in [-0.15, -0.1) is 0 Å². The van der Waals surface area contributed by atoms with Gasteiger partial charge in [0.1, 0.15) is 5.75 Å². The highest BCUT2D eigenvalue weighted by Crippen LogP contribution is 2.29. The zero-order chi connectivity index (χ0) is 33.8. The van der Waals surface area contributed by atoms with Crippen LogP contribution in [0.25, 0.3) is 0 Å². The van der Waals surface area contributed by atoms with Gasteiger partial charge in [0.15, 0.2) is 0 Å². The second kappa shape index (κ2) is 18.1. The summed E-state index contributed by atoms with van der Waals surface area (Å²) in [5, 5.41) is 16.4. The second-order valence-electron chi connectivity index (χ2n) is 13.4. The van der Waals surface area contributed by atoms with E-state index in [4.69, 9.17) is 9.47 Å². The minimum Gasteiger partial charge on any atom is -0.490 e. The molecule has 0 saturated heterocycles. The van der Waals surface area contributed by atoms with Gasteiger partial charge < -0.3 is 35.0 Å². The van der Waals surface area contributed by atoms with Crippen molar-refractivity contribution in [2.45, 2.75) is 103 Å². The first-order valence-corrected chi connectivity index (χ1v) is 17.3. The highest BCUT2D eigenvalue weighted by molar-refractivity contribution is 6.00. The number of urea groups is 1. The lowest BCUT2D eigenvalue weighted by Gasteiger charge is -2.36. The van der Waals surface area contributed by atoms with E-state index in [1.54, 1.807) is 35.0 Å². The molecule has 1 fully saturated rings. The molecule has 0 radical (unpaired) electrons. The van der Waals surface area contributed by atoms with Crippen molar-refractivity contribution in [1.82, 2.24) is 15.1 Å². The van der Waals surface area contributed by atoms with E-state index in [-0.39, 0.29) is 55.0 Å². The van der Waals surface area contributed by atoms with Crippen LogP contribution in [0.15, 0.2) is 48.5 Å². The van der Waals surface area contributed by atoms with Gasteiger partial charge in [-0.25, -0.2) is 4.79 Å². The third-order valence-electron chi connectivity index (χ3n) is 9.28. The van der Waals surface area contributed by atoms with Crippen molar-refractivity contribution in [2.75, 3.05) is 38.7 Å². The number of nitrogens with zero attached hydrogens (tertiary/aromatic N) is 2. The monoisotopic (exact) mass is 650 g/mol. The number of ether oxygens (including phenoxy) is 2. The maximum Gasteiger partial charge on any atom is 0.317 e. The molecule has 2 aromatic rings. The topological polar surface area (TPSA) is 120 Å². The SMILES string of the molecule is C[C@@H]1CCCCO[C@@H](CN(C)C(=O)NC2CCCCC2)[C@@H](C)CN([C@H](C)CO)C(=O)c2cc(NC(=O)Cc3ccccc3)ccc2O1. The molecule has 2 aliphatic rings. The van der Waals surface area contributed by atoms with Gasteiger partial charge >= 0.3 is 6.03 Å². The molecule has 10 heteroatoms. The average Bonchev–Trinajstić information content (AvgIpc) is 3.06. The van der Waals surface area contributed by atoms with Gasteiger partial charge in [0.2, 0.25) is 5.91 Å². The first kappa shape index (κ1) is 36.2. The van der Waals surface area contributed by atoms with Crippen molar-refractivity contribution in [3.63, 3.8) is 0 Å². The molecule has 10 nitrogen and oxygen atoms in total. The maximum absolute atomic E-state index is 14.4. The van der Waals surface area contributed by atoms with Crippen molar-refractivity contribution in [3.8, 4) is 5.75 Å². The Morgan fingerprint density at radius 1 is 1.02 bits per heavy atom. The second-order valence-corrected chi connectivity index (χ2v) is 13.4. The fourth-order valence-corrected chi connectivity index (χ4v) is 6.33. The number of fused-ring (bicyclic) bond motifs is 1. The first-order valence-electron chi connectivity index (χ1n) is 17.3. The summed E-state index contributed by atoms with van der Waals surface area (Å²) in [5.74, 6) is -0.211. The van der Waals surface area contributed by atoms with Crippen molar-refractivity contribution in [3.05, 3.63) is 59.7 Å². The van der Waals surface area contributed by atoms with E-state index in [1.807, 2.05) is 51.1 Å². The normalized spacial score (nSPS) is 22.3. The summed E-state index contributed by atoms with van der Waals surface area (Å²) >= 11 is 0. The Bertz CT molecular complexity index is 1300. The van der Waals surface area contributed by atoms with Crippen molar-refractivity contribution < 1.29 is 29.0 Å². The predicted octanol–water partition coefficient (Wildman–Crippen LogP) is 5.64. The zero-order valence-electron chi connectivity index (χ0n) is 28.6.